The van der Waals surface area contributed by atoms with Gasteiger partial charge >= 0.3 is 0 Å². The van der Waals surface area contributed by atoms with Gasteiger partial charge in [-0.1, -0.05) is 19.4 Å². The number of pyridine rings is 1. The molecule has 0 fully saturated rings. The van der Waals surface area contributed by atoms with Gasteiger partial charge in [0.2, 0.25) is 0 Å². The van der Waals surface area contributed by atoms with Crippen LogP contribution in [0.25, 0.3) is 0 Å². The van der Waals surface area contributed by atoms with Gasteiger partial charge in [-0.25, -0.2) is 0 Å². The summed E-state index contributed by atoms with van der Waals surface area (Å²) in [5.41, 5.74) is 0.928. The first-order valence-corrected chi connectivity index (χ1v) is 6.88. The van der Waals surface area contributed by atoms with Crippen LogP contribution in [0.3, 0.4) is 0 Å². The van der Waals surface area contributed by atoms with Crippen LogP contribution in [0, 0.1) is 0 Å². The van der Waals surface area contributed by atoms with Gasteiger partial charge in [-0.2, -0.15) is 0 Å². The number of aromatic nitrogens is 1. The summed E-state index contributed by atoms with van der Waals surface area (Å²) in [5.74, 6) is 1.40. The van der Waals surface area contributed by atoms with E-state index in [2.05, 4.69) is 16.6 Å². The first-order chi connectivity index (χ1) is 7.74. The summed E-state index contributed by atoms with van der Waals surface area (Å²) in [6, 6.07) is 5.72. The molecule has 4 heteroatoms. The van der Waals surface area contributed by atoms with Crippen LogP contribution in [0.15, 0.2) is 24.4 Å². The van der Waals surface area contributed by atoms with Crippen molar-refractivity contribution in [3.05, 3.63) is 30.1 Å². The Morgan fingerprint density at radius 2 is 2.06 bits per heavy atom. The smallest absolute Gasteiger partial charge is 0.0658 e. The normalized spacial score (nSPS) is 11.4. The minimum absolute atomic E-state index is 0.598. The highest BCUT2D eigenvalue weighted by atomic mass is 32.2. The second-order valence-electron chi connectivity index (χ2n) is 3.37. The van der Waals surface area contributed by atoms with Crippen molar-refractivity contribution >= 4 is 10.8 Å². The molecule has 1 rings (SSSR count). The summed E-state index contributed by atoms with van der Waals surface area (Å²) in [4.78, 5) is 4.13. The predicted octanol–water partition coefficient (Wildman–Crippen LogP) is 2.39. The van der Waals surface area contributed by atoms with Crippen molar-refractivity contribution in [1.82, 2.24) is 4.98 Å². The molecule has 92 valence electrons. The molecule has 0 amide bonds. The van der Waals surface area contributed by atoms with Crippen molar-refractivity contribution in [1.29, 1.82) is 0 Å². The summed E-state index contributed by atoms with van der Waals surface area (Å²) in [7, 11) is 2.52. The third kappa shape index (κ3) is 8.56. The molecule has 1 unspecified atom stereocenters. The maximum atomic E-state index is 11.4. The molecule has 0 bridgehead atoms. The zero-order chi connectivity index (χ0) is 12.2. The molecule has 0 spiro atoms. The van der Waals surface area contributed by atoms with Crippen molar-refractivity contribution < 1.29 is 8.95 Å². The van der Waals surface area contributed by atoms with Crippen LogP contribution in [0.4, 0.5) is 0 Å². The van der Waals surface area contributed by atoms with Gasteiger partial charge in [-0.15, -0.1) is 0 Å². The Balaban J connectivity index is 0.000000673. The van der Waals surface area contributed by atoms with Crippen LogP contribution >= 0.6 is 0 Å². The largest absolute Gasteiger partial charge is 0.388 e. The average Bonchev–Trinajstić information content (AvgIpc) is 2.29. The first-order valence-electron chi connectivity index (χ1n) is 5.39. The SMILES string of the molecule is CCCCS(=O)Cc1ccccn1.COC. The maximum absolute atomic E-state index is 11.4. The quantitative estimate of drug-likeness (QED) is 0.797. The monoisotopic (exact) mass is 243 g/mol. The standard InChI is InChI=1S/C10H15NOS.C2H6O/c1-2-3-8-13(12)9-10-6-4-5-7-11-10;1-3-2/h4-7H,2-3,8-9H2,1H3;1-2H3. The predicted molar refractivity (Wildman–Crippen MR) is 68.8 cm³/mol. The van der Waals surface area contributed by atoms with Crippen LogP contribution in [0.1, 0.15) is 25.5 Å². The molecule has 1 aromatic rings. The van der Waals surface area contributed by atoms with E-state index in [0.29, 0.717) is 5.75 Å². The van der Waals surface area contributed by atoms with E-state index in [1.807, 2.05) is 18.2 Å². The molecular weight excluding hydrogens is 222 g/mol. The number of hydrogen-bond donors (Lipinski definition) is 0. The van der Waals surface area contributed by atoms with Crippen LogP contribution < -0.4 is 0 Å². The average molecular weight is 243 g/mol. The highest BCUT2D eigenvalue weighted by Gasteiger charge is 2.00. The highest BCUT2D eigenvalue weighted by Crippen LogP contribution is 2.01. The van der Waals surface area contributed by atoms with E-state index < -0.39 is 10.8 Å². The number of rotatable bonds is 5. The molecule has 0 aliphatic carbocycles. The third-order valence-electron chi connectivity index (χ3n) is 1.76. The summed E-state index contributed by atoms with van der Waals surface area (Å²) in [6.07, 6.45) is 3.89. The van der Waals surface area contributed by atoms with Gasteiger partial charge in [-0.3, -0.25) is 9.19 Å². The van der Waals surface area contributed by atoms with Crippen molar-refractivity contribution in [2.75, 3.05) is 20.0 Å². The lowest BCUT2D eigenvalue weighted by molar-refractivity contribution is 0.277. The molecule has 0 aliphatic rings. The molecule has 0 saturated heterocycles. The Labute approximate surface area is 101 Å². The van der Waals surface area contributed by atoms with E-state index >= 15 is 0 Å². The van der Waals surface area contributed by atoms with Crippen molar-refractivity contribution in [2.24, 2.45) is 0 Å². The van der Waals surface area contributed by atoms with Gasteiger partial charge in [-0.05, 0) is 18.6 Å². The van der Waals surface area contributed by atoms with E-state index in [-0.39, 0.29) is 0 Å². The summed E-state index contributed by atoms with van der Waals surface area (Å²) >= 11 is 0. The van der Waals surface area contributed by atoms with E-state index in [1.165, 1.54) is 0 Å². The van der Waals surface area contributed by atoms with Gasteiger partial charge in [0.15, 0.2) is 0 Å². The molecule has 16 heavy (non-hydrogen) atoms. The van der Waals surface area contributed by atoms with E-state index in [1.54, 1.807) is 20.4 Å². The molecule has 1 atom stereocenters. The number of nitrogens with zero attached hydrogens (tertiary/aromatic N) is 1. The van der Waals surface area contributed by atoms with Crippen LogP contribution in [0.5, 0.6) is 0 Å². The second-order valence-corrected chi connectivity index (χ2v) is 4.95. The fourth-order valence-electron chi connectivity index (χ4n) is 1.03. The Hall–Kier alpha value is -0.740. The van der Waals surface area contributed by atoms with E-state index in [0.717, 1.165) is 24.3 Å². The van der Waals surface area contributed by atoms with Crippen molar-refractivity contribution in [3.8, 4) is 0 Å². The number of methoxy groups -OCH3 is 1. The lowest BCUT2D eigenvalue weighted by Crippen LogP contribution is -2.01. The first kappa shape index (κ1) is 15.3. The lowest BCUT2D eigenvalue weighted by Gasteiger charge is -1.99. The lowest BCUT2D eigenvalue weighted by atomic mass is 10.4. The minimum Gasteiger partial charge on any atom is -0.388 e. The van der Waals surface area contributed by atoms with Gasteiger partial charge in [0.05, 0.1) is 11.4 Å². The van der Waals surface area contributed by atoms with Crippen molar-refractivity contribution in [3.63, 3.8) is 0 Å². The van der Waals surface area contributed by atoms with Gasteiger partial charge in [0.25, 0.3) is 0 Å². The van der Waals surface area contributed by atoms with E-state index in [9.17, 15) is 4.21 Å². The minimum atomic E-state index is -0.733. The summed E-state index contributed by atoms with van der Waals surface area (Å²) < 4.78 is 15.7. The Bertz CT molecular complexity index is 278. The van der Waals surface area contributed by atoms with Crippen LogP contribution in [-0.4, -0.2) is 29.2 Å². The topological polar surface area (TPSA) is 39.2 Å². The van der Waals surface area contributed by atoms with E-state index in [4.69, 9.17) is 0 Å². The zero-order valence-corrected chi connectivity index (χ0v) is 11.1. The zero-order valence-electron chi connectivity index (χ0n) is 10.3. The fourth-order valence-corrected chi connectivity index (χ4v) is 2.28. The Kier molecular flexibility index (Phi) is 10.3. The molecule has 0 aromatic carbocycles. The Morgan fingerprint density at radius 3 is 2.56 bits per heavy atom. The van der Waals surface area contributed by atoms with Crippen LogP contribution in [-0.2, 0) is 21.3 Å². The van der Waals surface area contributed by atoms with Crippen LogP contribution in [0.2, 0.25) is 0 Å². The van der Waals surface area contributed by atoms with Gasteiger partial charge in [0.1, 0.15) is 0 Å². The highest BCUT2D eigenvalue weighted by molar-refractivity contribution is 7.84. The molecule has 0 saturated carbocycles. The molecule has 0 aliphatic heterocycles. The van der Waals surface area contributed by atoms with Gasteiger partial charge in [0, 0.05) is 37.0 Å². The molecule has 1 heterocycles. The summed E-state index contributed by atoms with van der Waals surface area (Å²) in [6.45, 7) is 2.11. The van der Waals surface area contributed by atoms with Gasteiger partial charge < -0.3 is 4.74 Å². The molecular formula is C12H21NO2S. The molecule has 0 radical (unpaired) electrons. The number of unbranched alkanes of at least 4 members (excludes halogenated alkanes) is 1. The molecule has 1 aromatic heterocycles. The molecule has 0 N–H and O–H groups in total. The third-order valence-corrected chi connectivity index (χ3v) is 3.12. The maximum Gasteiger partial charge on any atom is 0.0658 e. The number of ether oxygens (including phenoxy) is 1. The Morgan fingerprint density at radius 1 is 1.38 bits per heavy atom. The molecule has 3 nitrogen and oxygen atoms in total. The summed E-state index contributed by atoms with van der Waals surface area (Å²) in [5, 5.41) is 0. The van der Waals surface area contributed by atoms with Crippen molar-refractivity contribution in [2.45, 2.75) is 25.5 Å². The fraction of sp³-hybridized carbons (Fsp3) is 0.583. The number of hydrogen-bond acceptors (Lipinski definition) is 3. The second kappa shape index (κ2) is 10.8.